The number of hydrogen-bond donors (Lipinski definition) is 1. The molecule has 88 valence electrons. The zero-order valence-corrected chi connectivity index (χ0v) is 9.19. The number of carbonyl (C=O) groups excluding carboxylic acids is 1. The Bertz CT molecular complexity index is 469. The highest BCUT2D eigenvalue weighted by Gasteiger charge is 2.29. The first-order valence-corrected chi connectivity index (χ1v) is 5.52. The predicted molar refractivity (Wildman–Crippen MR) is 58.4 cm³/mol. The van der Waals surface area contributed by atoms with Gasteiger partial charge < -0.3 is 5.32 Å². The minimum absolute atomic E-state index is 0.0245. The number of hydrogen-bond acceptors (Lipinski definition) is 3. The van der Waals surface area contributed by atoms with Crippen molar-refractivity contribution < 1.29 is 9.18 Å². The van der Waals surface area contributed by atoms with Crippen molar-refractivity contribution in [2.24, 2.45) is 5.92 Å². The van der Waals surface area contributed by atoms with E-state index in [1.165, 1.54) is 12.3 Å². The van der Waals surface area contributed by atoms with Crippen LogP contribution in [0.2, 0.25) is 0 Å². The fourth-order valence-electron chi connectivity index (χ4n) is 2.09. The normalized spacial score (nSPS) is 23.1. The molecule has 0 spiro atoms. The molecule has 2 rings (SSSR count). The fraction of sp³-hybridized carbons (Fsp3) is 0.417. The number of carbonyl (C=O) groups is 1. The molecule has 1 aliphatic rings. The average Bonchev–Trinajstić information content (AvgIpc) is 2.76. The Labute approximate surface area is 98.5 Å². The summed E-state index contributed by atoms with van der Waals surface area (Å²) in [5.41, 5.74) is -0.0245. The number of nitrogens with one attached hydrogen (secondary N) is 1. The molecule has 1 heterocycles. The first kappa shape index (κ1) is 11.5. The first-order chi connectivity index (χ1) is 8.22. The number of pyridine rings is 1. The van der Waals surface area contributed by atoms with E-state index in [1.54, 1.807) is 0 Å². The van der Waals surface area contributed by atoms with Crippen molar-refractivity contribution >= 4 is 5.91 Å². The van der Waals surface area contributed by atoms with Crippen molar-refractivity contribution in [1.82, 2.24) is 10.3 Å². The number of aromatic nitrogens is 1. The monoisotopic (exact) mass is 233 g/mol. The van der Waals surface area contributed by atoms with Gasteiger partial charge >= 0.3 is 0 Å². The van der Waals surface area contributed by atoms with Crippen LogP contribution in [0.1, 0.15) is 29.6 Å². The summed E-state index contributed by atoms with van der Waals surface area (Å²) in [7, 11) is 0. The second-order valence-corrected chi connectivity index (χ2v) is 4.10. The Morgan fingerprint density at radius 2 is 2.41 bits per heavy atom. The van der Waals surface area contributed by atoms with Crippen LogP contribution in [-0.4, -0.2) is 16.9 Å². The second kappa shape index (κ2) is 4.91. The van der Waals surface area contributed by atoms with Gasteiger partial charge in [-0.15, -0.1) is 0 Å². The van der Waals surface area contributed by atoms with E-state index in [1.807, 2.05) is 0 Å². The Morgan fingerprint density at radius 3 is 3.12 bits per heavy atom. The molecule has 5 heteroatoms. The van der Waals surface area contributed by atoms with E-state index in [2.05, 4.69) is 16.4 Å². The molecule has 17 heavy (non-hydrogen) atoms. The lowest BCUT2D eigenvalue weighted by molar-refractivity contribution is 0.0928. The van der Waals surface area contributed by atoms with Crippen molar-refractivity contribution in [2.45, 2.75) is 25.3 Å². The molecule has 1 saturated carbocycles. The van der Waals surface area contributed by atoms with Crippen LogP contribution in [-0.2, 0) is 0 Å². The highest BCUT2D eigenvalue weighted by molar-refractivity contribution is 5.94. The lowest BCUT2D eigenvalue weighted by Gasteiger charge is -2.15. The zero-order valence-electron chi connectivity index (χ0n) is 9.19. The second-order valence-electron chi connectivity index (χ2n) is 4.10. The number of halogens is 1. The molecule has 1 aliphatic carbocycles. The molecule has 0 aromatic carbocycles. The van der Waals surface area contributed by atoms with Crippen LogP contribution < -0.4 is 5.32 Å². The van der Waals surface area contributed by atoms with Gasteiger partial charge in [-0.25, -0.2) is 4.39 Å². The number of amides is 1. The molecule has 0 radical (unpaired) electrons. The summed E-state index contributed by atoms with van der Waals surface area (Å²) < 4.78 is 13.3. The number of rotatable bonds is 2. The smallest absolute Gasteiger partial charge is 0.254 e. The van der Waals surface area contributed by atoms with Gasteiger partial charge in [0.25, 0.3) is 5.91 Å². The summed E-state index contributed by atoms with van der Waals surface area (Å²) >= 11 is 0. The quantitative estimate of drug-likeness (QED) is 0.844. The van der Waals surface area contributed by atoms with Gasteiger partial charge in [0.1, 0.15) is 0 Å². The summed E-state index contributed by atoms with van der Waals surface area (Å²) in [6, 6.07) is 3.33. The summed E-state index contributed by atoms with van der Waals surface area (Å²) in [6.45, 7) is 0. The van der Waals surface area contributed by atoms with E-state index in [0.717, 1.165) is 25.5 Å². The molecule has 2 atom stereocenters. The Morgan fingerprint density at radius 1 is 1.59 bits per heavy atom. The van der Waals surface area contributed by atoms with Crippen LogP contribution in [0.4, 0.5) is 4.39 Å². The highest BCUT2D eigenvalue weighted by Crippen LogP contribution is 2.25. The zero-order chi connectivity index (χ0) is 12.3. The Kier molecular flexibility index (Phi) is 3.33. The molecule has 1 fully saturated rings. The topological polar surface area (TPSA) is 65.8 Å². The van der Waals surface area contributed by atoms with Crippen molar-refractivity contribution in [2.75, 3.05) is 0 Å². The van der Waals surface area contributed by atoms with E-state index < -0.39 is 11.7 Å². The van der Waals surface area contributed by atoms with Gasteiger partial charge in [-0.3, -0.25) is 9.78 Å². The van der Waals surface area contributed by atoms with Gasteiger partial charge in [0, 0.05) is 12.2 Å². The van der Waals surface area contributed by atoms with Crippen molar-refractivity contribution in [1.29, 1.82) is 5.26 Å². The predicted octanol–water partition coefficient (Wildman–Crippen LogP) is 1.64. The maximum absolute atomic E-state index is 13.3. The molecule has 0 aliphatic heterocycles. The van der Waals surface area contributed by atoms with Gasteiger partial charge in [-0.2, -0.15) is 5.26 Å². The minimum atomic E-state index is -0.642. The maximum atomic E-state index is 13.3. The molecular weight excluding hydrogens is 221 g/mol. The molecule has 1 aromatic heterocycles. The van der Waals surface area contributed by atoms with Crippen LogP contribution in [0.25, 0.3) is 0 Å². The third-order valence-electron chi connectivity index (χ3n) is 3.02. The first-order valence-electron chi connectivity index (χ1n) is 5.52. The summed E-state index contributed by atoms with van der Waals surface area (Å²) in [4.78, 5) is 15.4. The SMILES string of the molecule is N#CC1CCCC1NC(=O)c1ccncc1F. The van der Waals surface area contributed by atoms with Gasteiger partial charge in [0.2, 0.25) is 0 Å². The molecule has 0 saturated heterocycles. The Hall–Kier alpha value is -1.96. The van der Waals surface area contributed by atoms with Crippen LogP contribution in [0, 0.1) is 23.1 Å². The Balaban J connectivity index is 2.08. The third-order valence-corrected chi connectivity index (χ3v) is 3.02. The largest absolute Gasteiger partial charge is 0.348 e. The summed E-state index contributed by atoms with van der Waals surface area (Å²) in [5, 5.41) is 11.6. The molecular formula is C12H12FN3O. The fourth-order valence-corrected chi connectivity index (χ4v) is 2.09. The van der Waals surface area contributed by atoms with Crippen molar-refractivity contribution in [3.8, 4) is 6.07 Å². The molecule has 2 unspecified atom stereocenters. The number of nitriles is 1. The molecule has 4 nitrogen and oxygen atoms in total. The van der Waals surface area contributed by atoms with E-state index in [4.69, 9.17) is 5.26 Å². The summed E-state index contributed by atoms with van der Waals surface area (Å²) in [6.07, 6.45) is 4.86. The maximum Gasteiger partial charge on any atom is 0.254 e. The number of nitrogens with zero attached hydrogens (tertiary/aromatic N) is 2. The van der Waals surface area contributed by atoms with E-state index >= 15 is 0 Å². The van der Waals surface area contributed by atoms with E-state index in [9.17, 15) is 9.18 Å². The van der Waals surface area contributed by atoms with Crippen molar-refractivity contribution in [3.05, 3.63) is 29.8 Å². The summed E-state index contributed by atoms with van der Waals surface area (Å²) in [5.74, 6) is -1.28. The molecule has 0 bridgehead atoms. The van der Waals surface area contributed by atoms with Crippen molar-refractivity contribution in [3.63, 3.8) is 0 Å². The van der Waals surface area contributed by atoms with Gasteiger partial charge in [-0.1, -0.05) is 0 Å². The van der Waals surface area contributed by atoms with Gasteiger partial charge in [0.15, 0.2) is 5.82 Å². The third kappa shape index (κ3) is 2.41. The minimum Gasteiger partial charge on any atom is -0.348 e. The van der Waals surface area contributed by atoms with E-state index in [-0.39, 0.29) is 17.5 Å². The standard InChI is InChI=1S/C12H12FN3O/c13-10-7-15-5-4-9(10)12(17)16-11-3-1-2-8(11)6-14/h4-5,7-8,11H,1-3H2,(H,16,17). The van der Waals surface area contributed by atoms with Crippen LogP contribution in [0.5, 0.6) is 0 Å². The molecule has 1 amide bonds. The lowest BCUT2D eigenvalue weighted by atomic mass is 10.1. The average molecular weight is 233 g/mol. The van der Waals surface area contributed by atoms with Gasteiger partial charge in [0.05, 0.1) is 23.7 Å². The lowest BCUT2D eigenvalue weighted by Crippen LogP contribution is -2.37. The van der Waals surface area contributed by atoms with E-state index in [0.29, 0.717) is 0 Å². The molecule has 1 N–H and O–H groups in total. The van der Waals surface area contributed by atoms with Gasteiger partial charge in [-0.05, 0) is 25.3 Å². The van der Waals surface area contributed by atoms with Crippen LogP contribution in [0.3, 0.4) is 0 Å². The molecule has 1 aromatic rings. The van der Waals surface area contributed by atoms with Crippen LogP contribution in [0.15, 0.2) is 18.5 Å². The highest BCUT2D eigenvalue weighted by atomic mass is 19.1. The van der Waals surface area contributed by atoms with Crippen LogP contribution >= 0.6 is 0 Å².